The molecular weight excluding hydrogens is 722 g/mol. The number of allylic oxidation sites excluding steroid dienone is 1. The van der Waals surface area contributed by atoms with Gasteiger partial charge in [0.05, 0.1) is 17.9 Å². The number of hydrogen-bond acceptors (Lipinski definition) is 7. The molecule has 1 aromatic rings. The molecule has 2 N–H and O–H groups in total. The molecule has 9 atom stereocenters. The molecule has 0 saturated heterocycles. The quantitative estimate of drug-likeness (QED) is 0.227. The summed E-state index contributed by atoms with van der Waals surface area (Å²) in [5.74, 6) is 0.776. The number of aliphatic hydroxyl groups excluding tert-OH is 1. The van der Waals surface area contributed by atoms with Crippen molar-refractivity contribution in [3.63, 3.8) is 0 Å². The molecule has 0 amide bonds. The van der Waals surface area contributed by atoms with Gasteiger partial charge in [0, 0.05) is 35.4 Å². The van der Waals surface area contributed by atoms with Crippen LogP contribution in [0, 0.1) is 56.2 Å². The first kappa shape index (κ1) is 43.4. The Labute approximate surface area is 342 Å². The number of aliphatic hydroxyl groups is 1. The highest BCUT2D eigenvalue weighted by Crippen LogP contribution is 2.77. The number of rotatable bonds is 10. The lowest BCUT2D eigenvalue weighted by atomic mass is 9.33. The Balaban J connectivity index is 1.22. The molecule has 7 nitrogen and oxygen atoms in total. The maximum absolute atomic E-state index is 14.1. The molecule has 8 heteroatoms. The van der Waals surface area contributed by atoms with Gasteiger partial charge in [0.2, 0.25) is 0 Å². The molecule has 0 bridgehead atoms. The van der Waals surface area contributed by atoms with Crippen LogP contribution < -0.4 is 5.32 Å². The highest BCUT2D eigenvalue weighted by atomic mass is 35.5. The van der Waals surface area contributed by atoms with Crippen LogP contribution in [0.5, 0.6) is 0 Å². The normalized spacial score (nSPS) is 35.9. The highest BCUT2D eigenvalue weighted by molar-refractivity contribution is 6.30. The smallest absolute Gasteiger partial charge is 0.312 e. The van der Waals surface area contributed by atoms with E-state index in [9.17, 15) is 19.5 Å². The second-order valence-electron chi connectivity index (χ2n) is 22.0. The second-order valence-corrected chi connectivity index (χ2v) is 22.5. The molecule has 4 fully saturated rings. The van der Waals surface area contributed by atoms with Crippen LogP contribution in [0.2, 0.25) is 5.02 Å². The topological polar surface area (TPSA) is 102 Å². The van der Waals surface area contributed by atoms with Gasteiger partial charge in [-0.05, 0) is 149 Å². The van der Waals surface area contributed by atoms with Gasteiger partial charge in [-0.1, -0.05) is 77.8 Å². The van der Waals surface area contributed by atoms with Crippen LogP contribution in [0.15, 0.2) is 35.4 Å². The summed E-state index contributed by atoms with van der Waals surface area (Å²) in [6.07, 6.45) is 7.45. The fourth-order valence-corrected chi connectivity index (χ4v) is 13.6. The van der Waals surface area contributed by atoms with Crippen molar-refractivity contribution in [2.75, 3.05) is 6.54 Å². The predicted octanol–water partition coefficient (Wildman–Crippen LogP) is 10.4. The molecule has 6 rings (SSSR count). The van der Waals surface area contributed by atoms with Gasteiger partial charge in [-0.2, -0.15) is 0 Å². The molecule has 56 heavy (non-hydrogen) atoms. The van der Waals surface area contributed by atoms with E-state index in [0.29, 0.717) is 36.4 Å². The van der Waals surface area contributed by atoms with E-state index in [2.05, 4.69) is 53.8 Å². The third-order valence-electron chi connectivity index (χ3n) is 16.5. The number of ketones is 1. The van der Waals surface area contributed by atoms with Crippen LogP contribution in [-0.4, -0.2) is 47.2 Å². The van der Waals surface area contributed by atoms with Gasteiger partial charge < -0.3 is 19.9 Å². The van der Waals surface area contributed by atoms with E-state index in [1.807, 2.05) is 45.0 Å². The summed E-state index contributed by atoms with van der Waals surface area (Å²) in [5, 5.41) is 16.4. The predicted molar refractivity (Wildman–Crippen MR) is 223 cm³/mol. The van der Waals surface area contributed by atoms with Crippen LogP contribution in [0.25, 0.3) is 0 Å². The van der Waals surface area contributed by atoms with Gasteiger partial charge in [-0.3, -0.25) is 14.4 Å². The Hall–Kier alpha value is -2.22. The number of ether oxygens (including phenoxy) is 2. The average Bonchev–Trinajstić information content (AvgIpc) is 3.39. The van der Waals surface area contributed by atoms with E-state index >= 15 is 0 Å². The van der Waals surface area contributed by atoms with Gasteiger partial charge in [-0.25, -0.2) is 0 Å². The van der Waals surface area contributed by atoms with Crippen molar-refractivity contribution in [3.05, 3.63) is 46.0 Å². The maximum Gasteiger partial charge on any atom is 0.312 e. The fourth-order valence-electron chi connectivity index (χ4n) is 13.5. The number of fused-ring (bicyclic) bond motifs is 7. The summed E-state index contributed by atoms with van der Waals surface area (Å²) in [7, 11) is 0. The Kier molecular flexibility index (Phi) is 11.5. The van der Waals surface area contributed by atoms with Crippen molar-refractivity contribution >= 4 is 29.3 Å². The lowest BCUT2D eigenvalue weighted by Crippen LogP contribution is -2.66. The SMILES string of the molecule is CC(C)C1=C2C3CCC4C5(C)CCC(OC(=O)CC(C)(C)C(=O)OC(C)(C)C)C(C)(C)C5CCC4(C)C3(C)CCC2(C(O)CNCc2ccc(Cl)cc2)CC1=O. The molecule has 5 aliphatic rings. The number of hydrogen-bond donors (Lipinski definition) is 2. The van der Waals surface area contributed by atoms with E-state index in [1.54, 1.807) is 13.8 Å². The van der Waals surface area contributed by atoms with Crippen molar-refractivity contribution in [1.82, 2.24) is 5.32 Å². The van der Waals surface area contributed by atoms with Gasteiger partial charge in [0.1, 0.15) is 11.7 Å². The van der Waals surface area contributed by atoms with Crippen LogP contribution in [0.3, 0.4) is 0 Å². The third-order valence-corrected chi connectivity index (χ3v) is 16.7. The Bertz CT molecular complexity index is 1720. The van der Waals surface area contributed by atoms with E-state index in [0.717, 1.165) is 62.5 Å². The van der Waals surface area contributed by atoms with Crippen molar-refractivity contribution in [2.45, 2.75) is 172 Å². The van der Waals surface area contributed by atoms with Crippen molar-refractivity contribution < 1.29 is 29.0 Å². The number of halogens is 1. The van der Waals surface area contributed by atoms with Gasteiger partial charge in [0.25, 0.3) is 0 Å². The lowest BCUT2D eigenvalue weighted by Gasteiger charge is -2.72. The van der Waals surface area contributed by atoms with Crippen LogP contribution in [0.4, 0.5) is 0 Å². The zero-order valence-corrected chi connectivity index (χ0v) is 37.4. The molecule has 312 valence electrons. The molecule has 5 aliphatic carbocycles. The molecule has 0 aromatic heterocycles. The van der Waals surface area contributed by atoms with Crippen molar-refractivity contribution in [3.8, 4) is 0 Å². The standard InChI is InChI=1S/C48H72ClNO6/c1-29(2)39-33(51)25-48(36(52)28-50-27-30-13-15-31(49)16-14-30)24-23-46(11)32(40(39)48)17-18-35-45(10)21-20-37(44(8,9)34(45)19-22-47(35,46)12)55-38(53)26-43(6,7)41(54)56-42(3,4)5/h13-16,29,32,34-37,50,52H,17-28H2,1-12H3. The summed E-state index contributed by atoms with van der Waals surface area (Å²) in [4.78, 5) is 40.6. The largest absolute Gasteiger partial charge is 0.462 e. The first-order chi connectivity index (χ1) is 25.8. The van der Waals surface area contributed by atoms with Crippen molar-refractivity contribution in [2.24, 2.45) is 56.2 Å². The highest BCUT2D eigenvalue weighted by Gasteiger charge is 2.70. The summed E-state index contributed by atoms with van der Waals surface area (Å²) in [5.41, 5.74) is 1.17. The Morgan fingerprint density at radius 1 is 0.893 bits per heavy atom. The third kappa shape index (κ3) is 7.24. The molecule has 0 heterocycles. The van der Waals surface area contributed by atoms with E-state index in [1.165, 1.54) is 5.57 Å². The summed E-state index contributed by atoms with van der Waals surface area (Å²) >= 11 is 6.12. The number of nitrogens with one attached hydrogen (secondary N) is 1. The zero-order valence-electron chi connectivity index (χ0n) is 36.6. The van der Waals surface area contributed by atoms with E-state index in [-0.39, 0.29) is 63.7 Å². The van der Waals surface area contributed by atoms with Crippen LogP contribution in [-0.2, 0) is 30.4 Å². The average molecular weight is 795 g/mol. The van der Waals surface area contributed by atoms with E-state index < -0.39 is 22.5 Å². The van der Waals surface area contributed by atoms with Gasteiger partial charge >= 0.3 is 11.9 Å². The van der Waals surface area contributed by atoms with Crippen LogP contribution >= 0.6 is 11.6 Å². The molecule has 1 aromatic carbocycles. The summed E-state index contributed by atoms with van der Waals surface area (Å²) < 4.78 is 12.0. The zero-order chi connectivity index (χ0) is 41.4. The molecular formula is C48H72ClNO6. The molecule has 0 spiro atoms. The molecule has 0 aliphatic heterocycles. The fraction of sp³-hybridized carbons (Fsp3) is 0.771. The number of esters is 2. The molecule has 0 radical (unpaired) electrons. The summed E-state index contributed by atoms with van der Waals surface area (Å²) in [6, 6.07) is 7.81. The first-order valence-corrected chi connectivity index (χ1v) is 22.0. The van der Waals surface area contributed by atoms with Crippen molar-refractivity contribution in [1.29, 1.82) is 0 Å². The number of benzene rings is 1. The maximum atomic E-state index is 14.1. The first-order valence-electron chi connectivity index (χ1n) is 21.7. The van der Waals surface area contributed by atoms with Gasteiger partial charge in [0.15, 0.2) is 5.78 Å². The number of Topliss-reactive ketones (excluding diaryl/α,β-unsaturated/α-hetero) is 1. The Morgan fingerprint density at radius 3 is 2.18 bits per heavy atom. The van der Waals surface area contributed by atoms with E-state index in [4.69, 9.17) is 21.1 Å². The van der Waals surface area contributed by atoms with Gasteiger partial charge in [-0.15, -0.1) is 0 Å². The molecule has 4 saturated carbocycles. The monoisotopic (exact) mass is 794 g/mol. The number of carbonyl (C=O) groups excluding carboxylic acids is 3. The summed E-state index contributed by atoms with van der Waals surface area (Å²) in [6.45, 7) is 26.7. The number of carbonyl (C=O) groups is 3. The molecule has 9 unspecified atom stereocenters. The Morgan fingerprint density at radius 2 is 1.55 bits per heavy atom. The second kappa shape index (κ2) is 14.8. The van der Waals surface area contributed by atoms with Crippen LogP contribution in [0.1, 0.15) is 153 Å². The lowest BCUT2D eigenvalue weighted by molar-refractivity contribution is -0.235. The minimum Gasteiger partial charge on any atom is -0.462 e. The minimum absolute atomic E-state index is 0.00928. The minimum atomic E-state index is -0.977.